The molecule has 0 bridgehead atoms. The van der Waals surface area contributed by atoms with Gasteiger partial charge in [0.1, 0.15) is 64.0 Å². The number of hydrogen-bond donors (Lipinski definition) is 4. The van der Waals surface area contributed by atoms with E-state index < -0.39 is 41.4 Å². The Hall–Kier alpha value is -19.8. The highest BCUT2D eigenvalue weighted by Gasteiger charge is 2.36. The molecular formula is C113H90F5N25O7. The first kappa shape index (κ1) is 102. The number of rotatable bonds is 22. The number of halogens is 5. The Balaban J connectivity index is 0.000000136. The van der Waals surface area contributed by atoms with Crippen molar-refractivity contribution >= 4 is 77.6 Å². The summed E-state index contributed by atoms with van der Waals surface area (Å²) in [5, 5.41) is 24.4. The highest BCUT2D eigenvalue weighted by Crippen LogP contribution is 2.41. The minimum absolute atomic E-state index is 0.0260. The second kappa shape index (κ2) is 44.2. The van der Waals surface area contributed by atoms with E-state index in [9.17, 15) is 46.2 Å². The van der Waals surface area contributed by atoms with Gasteiger partial charge in [0, 0.05) is 130 Å². The predicted octanol–water partition coefficient (Wildman–Crippen LogP) is 22.6. The van der Waals surface area contributed by atoms with Crippen LogP contribution in [0.3, 0.4) is 0 Å². The maximum absolute atomic E-state index is 14.3. The van der Waals surface area contributed by atoms with Gasteiger partial charge in [-0.2, -0.15) is 13.2 Å². The van der Waals surface area contributed by atoms with Crippen LogP contribution in [-0.2, 0) is 12.6 Å². The molecule has 12 heterocycles. The van der Waals surface area contributed by atoms with E-state index in [2.05, 4.69) is 105 Å². The highest BCUT2D eigenvalue weighted by atomic mass is 19.4. The molecule has 4 atom stereocenters. The molecule has 0 spiro atoms. The van der Waals surface area contributed by atoms with E-state index in [-0.39, 0.29) is 75.4 Å². The van der Waals surface area contributed by atoms with Crippen molar-refractivity contribution < 1.29 is 36.5 Å². The molecule has 0 saturated heterocycles. The fourth-order valence-electron chi connectivity index (χ4n) is 17.6. The molecule has 0 saturated carbocycles. The van der Waals surface area contributed by atoms with Gasteiger partial charge in [-0.3, -0.25) is 57.4 Å². The minimum atomic E-state index is -4.60. The summed E-state index contributed by atoms with van der Waals surface area (Å²) in [4.78, 5) is 130. The second-order valence-corrected chi connectivity index (χ2v) is 34.7. The number of ether oxygens (including phenoxy) is 2. The standard InChI is InChI=1S/C29H24F3N5O2.C28H22FN7O2.C28H22FN7O.C28H22N6O2/c1-17(12-24-23(29(30,31)32)16-33-18(2)36-24)25-13-19-8-7-11-22(20-14-34-28(39-3)35-15-20)26(19)27(38)37(25)21-9-5-4-6-10-21;1-16(34-26-23(30-3)15-31-17(2)35-26)24-11-18-7-5-10-22(19-13-32-28(38-4)33-14-19)25(18)27(37)36(24)21-9-6-8-20(29)12-21;1-16(34-27-24(30-4)15-33-18(3)35-27)25-11-19-7-5-10-23(20-13-31-17(2)32-14-20)26(19)28(37)36(25)22-9-6-8-21(29)12-22;1-17(32-27-24(29-3)16-31-18(2)33-27)25-13-19-8-7-11-23(20-12-22(35)15-30-14-20)26(19)28(36)34(25)21-9-5-4-6-10-21/h4-11,13-17H,12H2,1-3H3;5-16H,1-2,4H3,(H,31,34,35);5-16H,1-3H3,(H,33,34,35);4-17,35H,1-2H3,(H,31,32,33)/t17-;2*16-;17-/m1000/s1. The molecule has 0 fully saturated rings. The number of aryl methyl sites for hydroxylation is 5. The van der Waals surface area contributed by atoms with Gasteiger partial charge in [-0.15, -0.1) is 0 Å². The van der Waals surface area contributed by atoms with Crippen molar-refractivity contribution in [1.29, 1.82) is 0 Å². The number of fused-ring (bicyclic) bond motifs is 4. The van der Waals surface area contributed by atoms with E-state index >= 15 is 0 Å². The van der Waals surface area contributed by atoms with Crippen LogP contribution in [0.2, 0.25) is 0 Å². The van der Waals surface area contributed by atoms with Crippen molar-refractivity contribution in [3.63, 3.8) is 0 Å². The molecule has 20 aromatic rings. The number of benzene rings is 8. The van der Waals surface area contributed by atoms with Crippen LogP contribution in [0, 0.1) is 66.0 Å². The molecule has 150 heavy (non-hydrogen) atoms. The van der Waals surface area contributed by atoms with E-state index in [1.807, 2.05) is 154 Å². The van der Waals surface area contributed by atoms with Gasteiger partial charge < -0.3 is 30.5 Å². The number of aromatic hydroxyl groups is 1. The second-order valence-electron chi connectivity index (χ2n) is 34.7. The maximum atomic E-state index is 14.3. The number of pyridine rings is 5. The summed E-state index contributed by atoms with van der Waals surface area (Å²) in [6.45, 7) is 38.4. The van der Waals surface area contributed by atoms with Gasteiger partial charge in [0.2, 0.25) is 17.1 Å². The fraction of sp³-hybridized carbons (Fsp3) is 0.150. The average molecular weight is 2010 g/mol. The molecule has 20 rings (SSSR count). The summed E-state index contributed by atoms with van der Waals surface area (Å²) >= 11 is 0. The number of nitrogens with one attached hydrogen (secondary N) is 3. The zero-order chi connectivity index (χ0) is 106. The van der Waals surface area contributed by atoms with Crippen molar-refractivity contribution in [2.24, 2.45) is 0 Å². The molecule has 0 unspecified atom stereocenters. The molecule has 4 N–H and O–H groups in total. The van der Waals surface area contributed by atoms with Crippen LogP contribution < -0.4 is 47.7 Å². The zero-order valence-corrected chi connectivity index (χ0v) is 82.3. The molecule has 0 radical (unpaired) electrons. The third-order valence-corrected chi connectivity index (χ3v) is 24.6. The first-order chi connectivity index (χ1) is 72.4. The zero-order valence-electron chi connectivity index (χ0n) is 82.3. The summed E-state index contributed by atoms with van der Waals surface area (Å²) in [5.74, 6) is 2.14. The summed E-state index contributed by atoms with van der Waals surface area (Å²) in [5.41, 5.74) is 8.38. The summed E-state index contributed by atoms with van der Waals surface area (Å²) in [6, 6.07) is 60.6. The molecule has 37 heteroatoms. The Morgan fingerprint density at radius 1 is 0.353 bits per heavy atom. The van der Waals surface area contributed by atoms with Gasteiger partial charge in [-0.05, 0) is 197 Å². The first-order valence-corrected chi connectivity index (χ1v) is 46.7. The number of alkyl halides is 3. The van der Waals surface area contributed by atoms with Crippen molar-refractivity contribution in [3.05, 3.63) is 437 Å². The smallest absolute Gasteiger partial charge is 0.419 e. The molecule has 0 aliphatic heterocycles. The minimum Gasteiger partial charge on any atom is -0.506 e. The van der Waals surface area contributed by atoms with E-state index in [0.29, 0.717) is 174 Å². The lowest BCUT2D eigenvalue weighted by Gasteiger charge is -2.22. The van der Waals surface area contributed by atoms with E-state index in [4.69, 9.17) is 29.2 Å². The van der Waals surface area contributed by atoms with Gasteiger partial charge in [0.05, 0.1) is 102 Å². The third kappa shape index (κ3) is 21.8. The van der Waals surface area contributed by atoms with Crippen LogP contribution in [-0.4, -0.2) is 112 Å². The average Bonchev–Trinajstić information content (AvgIpc) is 0.758. The molecule has 0 aliphatic rings. The molecule has 0 aliphatic carbocycles. The first-order valence-electron chi connectivity index (χ1n) is 46.7. The van der Waals surface area contributed by atoms with Crippen LogP contribution in [0.1, 0.15) is 115 Å². The Morgan fingerprint density at radius 2 is 0.667 bits per heavy atom. The molecule has 0 amide bonds. The predicted molar refractivity (Wildman–Crippen MR) is 563 cm³/mol. The SMILES string of the molecule is COc1ncc(-c2cccc3cc([C@H](C)Cc4nc(C)ncc4C(F)(F)F)n(-c4ccccc4)c(=O)c23)cn1.[C-]#[N+]c1cnc(C)nc1N[C@@H](C)c1cc2cccc(-c3cnc(C)nc3)c2c(=O)n1-c1cccc(F)c1.[C-]#[N+]c1cnc(C)nc1N[C@@H](C)c1cc2cccc(-c3cnc(OC)nc3)c2c(=O)n1-c1cccc(F)c1.[C-]#[N+]c1cnc(C)nc1N[C@@H](C)c1cc2cccc(-c3cncc(O)c3)c2c(=O)n1-c1ccccc1. The monoisotopic (exact) mass is 2000 g/mol. The quantitative estimate of drug-likeness (QED) is 0.0362. The molecule has 744 valence electrons. The molecular weight excluding hydrogens is 1910 g/mol. The number of aromatic nitrogens is 19. The Bertz CT molecular complexity index is 8960. The van der Waals surface area contributed by atoms with Crippen molar-refractivity contribution in [3.8, 4) is 85.0 Å². The molecule has 12 aromatic heterocycles. The highest BCUT2D eigenvalue weighted by molar-refractivity contribution is 6.00. The van der Waals surface area contributed by atoms with Gasteiger partial charge in [-0.1, -0.05) is 128 Å². The van der Waals surface area contributed by atoms with Crippen molar-refractivity contribution in [2.75, 3.05) is 30.2 Å². The van der Waals surface area contributed by atoms with Crippen molar-refractivity contribution in [1.82, 2.24) is 93.0 Å². The van der Waals surface area contributed by atoms with Gasteiger partial charge in [0.25, 0.3) is 22.2 Å². The summed E-state index contributed by atoms with van der Waals surface area (Å²) in [7, 11) is 2.94. The number of hydrogen-bond acceptors (Lipinski definition) is 25. The largest absolute Gasteiger partial charge is 0.506 e. The van der Waals surface area contributed by atoms with Gasteiger partial charge >= 0.3 is 18.2 Å². The van der Waals surface area contributed by atoms with E-state index in [0.717, 1.165) is 11.6 Å². The van der Waals surface area contributed by atoms with Gasteiger partial charge in [-0.25, -0.2) is 78.1 Å². The van der Waals surface area contributed by atoms with E-state index in [1.165, 1.54) is 72.4 Å². The number of para-hydroxylation sites is 2. The van der Waals surface area contributed by atoms with Crippen LogP contribution >= 0.6 is 0 Å². The number of methoxy groups -OCH3 is 2. The Labute approximate surface area is 853 Å². The topological polar surface area (TPSA) is 369 Å². The Kier molecular flexibility index (Phi) is 30.0. The number of nitrogens with zero attached hydrogens (tertiary/aromatic N) is 22. The fourth-order valence-corrected chi connectivity index (χ4v) is 17.6. The maximum Gasteiger partial charge on any atom is 0.419 e. The van der Waals surface area contributed by atoms with E-state index in [1.54, 1.807) is 149 Å². The lowest BCUT2D eigenvalue weighted by Crippen LogP contribution is -2.26. The summed E-state index contributed by atoms with van der Waals surface area (Å²) in [6.07, 6.45) is 13.3. The molecule has 8 aromatic carbocycles. The number of anilines is 3. The normalized spacial score (nSPS) is 11.9. The van der Waals surface area contributed by atoms with Gasteiger partial charge in [0.15, 0.2) is 0 Å². The van der Waals surface area contributed by atoms with Crippen LogP contribution in [0.4, 0.5) is 56.5 Å². The van der Waals surface area contributed by atoms with Crippen molar-refractivity contribution in [2.45, 2.75) is 99.0 Å². The van der Waals surface area contributed by atoms with Crippen LogP contribution in [0.5, 0.6) is 17.8 Å². The summed E-state index contributed by atoms with van der Waals surface area (Å²) < 4.78 is 86.2. The lowest BCUT2D eigenvalue weighted by molar-refractivity contribution is -0.138. The molecule has 32 nitrogen and oxygen atoms in total. The third-order valence-electron chi connectivity index (χ3n) is 24.6. The van der Waals surface area contributed by atoms with Crippen LogP contribution in [0.25, 0.3) is 125 Å². The Morgan fingerprint density at radius 3 is 1.01 bits per heavy atom. The van der Waals surface area contributed by atoms with Crippen LogP contribution in [0.15, 0.2) is 306 Å². The lowest BCUT2D eigenvalue weighted by atomic mass is 9.94.